The summed E-state index contributed by atoms with van der Waals surface area (Å²) in [6, 6.07) is 13.5. The Labute approximate surface area is 193 Å². The molecule has 0 saturated carbocycles. The van der Waals surface area contributed by atoms with Crippen LogP contribution in [0.25, 0.3) is 11.5 Å². The summed E-state index contributed by atoms with van der Waals surface area (Å²) in [7, 11) is -3.19. The van der Waals surface area contributed by atoms with E-state index in [0.717, 1.165) is 11.1 Å². The number of nitrogens with zero attached hydrogens (tertiary/aromatic N) is 4. The number of alkyl halides is 3. The highest BCUT2D eigenvalue weighted by Gasteiger charge is 2.38. The molecule has 1 aliphatic heterocycles. The zero-order chi connectivity index (χ0) is 24.5. The van der Waals surface area contributed by atoms with Gasteiger partial charge in [0, 0.05) is 36.7 Å². The van der Waals surface area contributed by atoms with Gasteiger partial charge in [0.25, 0.3) is 0 Å². The van der Waals surface area contributed by atoms with Crippen LogP contribution in [0.4, 0.5) is 23.7 Å². The second kappa shape index (κ2) is 9.23. The van der Waals surface area contributed by atoms with Crippen molar-refractivity contribution < 1.29 is 31.8 Å². The van der Waals surface area contributed by atoms with E-state index in [-0.39, 0.29) is 43.9 Å². The highest BCUT2D eigenvalue weighted by molar-refractivity contribution is 7.58. The van der Waals surface area contributed by atoms with Crippen LogP contribution in [0.15, 0.2) is 52.9 Å². The van der Waals surface area contributed by atoms with E-state index >= 15 is 0 Å². The third-order valence-corrected chi connectivity index (χ3v) is 7.29. The van der Waals surface area contributed by atoms with Gasteiger partial charge in [-0.3, -0.25) is 9.46 Å². The molecule has 2 heterocycles. The topological polar surface area (TPSA) is 99.8 Å². The van der Waals surface area contributed by atoms with Gasteiger partial charge in [0.2, 0.25) is 13.3 Å². The van der Waals surface area contributed by atoms with Gasteiger partial charge < -0.3 is 14.2 Å². The van der Waals surface area contributed by atoms with Gasteiger partial charge in [-0.05, 0) is 36.8 Å². The normalized spacial score (nSPS) is 15.9. The molecule has 0 bridgehead atoms. The number of anilines is 1. The van der Waals surface area contributed by atoms with Crippen molar-refractivity contribution in [2.75, 3.05) is 30.3 Å². The minimum absolute atomic E-state index is 0.0548. The van der Waals surface area contributed by atoms with Crippen molar-refractivity contribution in [1.82, 2.24) is 15.1 Å². The molecule has 1 fully saturated rings. The summed E-state index contributed by atoms with van der Waals surface area (Å²) in [4.78, 5) is 26.2. The summed E-state index contributed by atoms with van der Waals surface area (Å²) in [5, 5.41) is 6.48. The standard InChI is InChI=1S/C22H22F3N4O4P/c1-15-2-8-18(9-3-15)29(21(30)28-10-12-34(31,32)13-11-28)14-16-4-6-17(7-5-16)19-26-27-20(33-19)22(23,24)25/h2-9H,10-14H2,1H3,(H,31,32). The van der Waals surface area contributed by atoms with E-state index in [2.05, 4.69) is 10.2 Å². The average molecular weight is 494 g/mol. The Balaban J connectivity index is 1.55. The van der Waals surface area contributed by atoms with Crippen molar-refractivity contribution in [2.24, 2.45) is 0 Å². The molecule has 0 unspecified atom stereocenters. The Hall–Kier alpha value is -3.17. The van der Waals surface area contributed by atoms with Crippen LogP contribution in [-0.4, -0.2) is 51.4 Å². The molecule has 0 radical (unpaired) electrons. The third-order valence-electron chi connectivity index (χ3n) is 5.49. The third kappa shape index (κ3) is 5.48. The van der Waals surface area contributed by atoms with Crippen molar-refractivity contribution in [3.63, 3.8) is 0 Å². The first-order chi connectivity index (χ1) is 16.0. The lowest BCUT2D eigenvalue weighted by atomic mass is 10.1. The molecule has 0 aliphatic carbocycles. The van der Waals surface area contributed by atoms with Gasteiger partial charge in [-0.25, -0.2) is 4.79 Å². The lowest BCUT2D eigenvalue weighted by molar-refractivity contribution is -0.156. The number of carbonyl (C=O) groups excluding carboxylic acids is 1. The van der Waals surface area contributed by atoms with E-state index in [4.69, 9.17) is 4.42 Å². The maximum absolute atomic E-state index is 13.3. The summed E-state index contributed by atoms with van der Waals surface area (Å²) < 4.78 is 54.8. The number of hydrogen-bond acceptors (Lipinski definition) is 5. The molecule has 1 aromatic heterocycles. The number of halogens is 3. The monoisotopic (exact) mass is 494 g/mol. The zero-order valence-corrected chi connectivity index (χ0v) is 19.1. The minimum atomic E-state index is -4.72. The first kappa shape index (κ1) is 24.0. The van der Waals surface area contributed by atoms with Gasteiger partial charge in [0.1, 0.15) is 0 Å². The summed E-state index contributed by atoms with van der Waals surface area (Å²) in [5.74, 6) is -1.68. The Morgan fingerprint density at radius 1 is 1.09 bits per heavy atom. The second-order valence-electron chi connectivity index (χ2n) is 8.09. The van der Waals surface area contributed by atoms with E-state index in [1.54, 1.807) is 34.1 Å². The summed E-state index contributed by atoms with van der Waals surface area (Å²) >= 11 is 0. The van der Waals surface area contributed by atoms with Gasteiger partial charge in [0.15, 0.2) is 0 Å². The van der Waals surface area contributed by atoms with Crippen molar-refractivity contribution in [2.45, 2.75) is 19.6 Å². The molecule has 34 heavy (non-hydrogen) atoms. The molecular formula is C22H22F3N4O4P. The van der Waals surface area contributed by atoms with E-state index < -0.39 is 19.4 Å². The van der Waals surface area contributed by atoms with Crippen LogP contribution >= 0.6 is 7.37 Å². The maximum atomic E-state index is 13.3. The Morgan fingerprint density at radius 2 is 1.71 bits per heavy atom. The lowest BCUT2D eigenvalue weighted by Gasteiger charge is -2.34. The number of aryl methyl sites for hydroxylation is 1. The number of carbonyl (C=O) groups is 1. The van der Waals surface area contributed by atoms with Crippen LogP contribution in [0.1, 0.15) is 17.0 Å². The van der Waals surface area contributed by atoms with Crippen LogP contribution in [0.3, 0.4) is 0 Å². The summed E-state index contributed by atoms with van der Waals surface area (Å²) in [5.41, 5.74) is 2.72. The van der Waals surface area contributed by atoms with Crippen LogP contribution in [0, 0.1) is 6.92 Å². The molecule has 1 N–H and O–H groups in total. The zero-order valence-electron chi connectivity index (χ0n) is 18.2. The van der Waals surface area contributed by atoms with Crippen LogP contribution in [0.2, 0.25) is 0 Å². The SMILES string of the molecule is Cc1ccc(N(Cc2ccc(-c3nnc(C(F)(F)F)o3)cc2)C(=O)N2CCP(=O)(O)CC2)cc1. The van der Waals surface area contributed by atoms with E-state index in [1.807, 2.05) is 31.2 Å². The molecule has 0 atom stereocenters. The van der Waals surface area contributed by atoms with Gasteiger partial charge in [0.05, 0.1) is 6.54 Å². The highest BCUT2D eigenvalue weighted by Crippen LogP contribution is 2.42. The molecule has 2 aromatic carbocycles. The molecule has 2 amide bonds. The predicted molar refractivity (Wildman–Crippen MR) is 119 cm³/mol. The second-order valence-corrected chi connectivity index (χ2v) is 10.7. The van der Waals surface area contributed by atoms with Crippen molar-refractivity contribution in [3.05, 3.63) is 65.5 Å². The average Bonchev–Trinajstić information content (AvgIpc) is 3.29. The lowest BCUT2D eigenvalue weighted by Crippen LogP contribution is -2.47. The van der Waals surface area contributed by atoms with Crippen LogP contribution in [0.5, 0.6) is 0 Å². The van der Waals surface area contributed by atoms with E-state index in [1.165, 1.54) is 0 Å². The molecule has 180 valence electrons. The van der Waals surface area contributed by atoms with Gasteiger partial charge in [-0.1, -0.05) is 29.8 Å². The Bertz CT molecular complexity index is 1200. The van der Waals surface area contributed by atoms with Crippen LogP contribution < -0.4 is 4.90 Å². The highest BCUT2D eigenvalue weighted by atomic mass is 31.2. The number of aromatic nitrogens is 2. The Morgan fingerprint density at radius 3 is 2.26 bits per heavy atom. The van der Waals surface area contributed by atoms with Gasteiger partial charge in [-0.15, -0.1) is 10.2 Å². The summed E-state index contributed by atoms with van der Waals surface area (Å²) in [6.45, 7) is 2.49. The molecule has 3 aromatic rings. The molecular weight excluding hydrogens is 472 g/mol. The number of amides is 2. The molecule has 4 rings (SSSR count). The number of urea groups is 1. The minimum Gasteiger partial charge on any atom is -0.413 e. The van der Waals surface area contributed by atoms with E-state index in [0.29, 0.717) is 11.3 Å². The number of benzene rings is 2. The molecule has 1 saturated heterocycles. The van der Waals surface area contributed by atoms with Gasteiger partial charge >= 0.3 is 18.1 Å². The smallest absolute Gasteiger partial charge is 0.413 e. The number of hydrogen-bond donors (Lipinski definition) is 1. The fourth-order valence-corrected chi connectivity index (χ4v) is 4.85. The van der Waals surface area contributed by atoms with Crippen molar-refractivity contribution in [1.29, 1.82) is 0 Å². The number of rotatable bonds is 4. The fraction of sp³-hybridized carbons (Fsp3) is 0.318. The predicted octanol–water partition coefficient (Wildman–Crippen LogP) is 4.78. The van der Waals surface area contributed by atoms with E-state index in [9.17, 15) is 27.4 Å². The Kier molecular flexibility index (Phi) is 6.51. The quantitative estimate of drug-likeness (QED) is 0.525. The first-order valence-corrected chi connectivity index (χ1v) is 12.5. The molecule has 1 aliphatic rings. The van der Waals surface area contributed by atoms with Crippen LogP contribution in [-0.2, 0) is 17.3 Å². The van der Waals surface area contributed by atoms with Crippen molar-refractivity contribution >= 4 is 19.1 Å². The largest absolute Gasteiger partial charge is 0.470 e. The first-order valence-electron chi connectivity index (χ1n) is 10.5. The van der Waals surface area contributed by atoms with Gasteiger partial charge in [-0.2, -0.15) is 13.2 Å². The van der Waals surface area contributed by atoms with Crippen molar-refractivity contribution in [3.8, 4) is 11.5 Å². The molecule has 8 nitrogen and oxygen atoms in total. The fourth-order valence-electron chi connectivity index (χ4n) is 3.52. The summed E-state index contributed by atoms with van der Waals surface area (Å²) in [6.07, 6.45) is -4.61. The molecule has 12 heteroatoms. The maximum Gasteiger partial charge on any atom is 0.470 e. The molecule has 0 spiro atoms.